The van der Waals surface area contributed by atoms with Crippen LogP contribution in [0.4, 0.5) is 0 Å². The summed E-state index contributed by atoms with van der Waals surface area (Å²) in [5.74, 6) is -1.06. The Morgan fingerprint density at radius 2 is 1.30 bits per heavy atom. The summed E-state index contributed by atoms with van der Waals surface area (Å²) in [5, 5.41) is 20.9. The van der Waals surface area contributed by atoms with Crippen LogP contribution in [-0.4, -0.2) is 16.0 Å². The summed E-state index contributed by atoms with van der Waals surface area (Å²) in [7, 11) is 0. The van der Waals surface area contributed by atoms with Crippen molar-refractivity contribution in [3.05, 3.63) is 83.4 Å². The number of carbonyl (C=O) groups is 1. The number of Topliss-reactive ketones (excluding diaryl/α,β-unsaturated/α-hetero) is 1. The molecule has 0 saturated heterocycles. The lowest BCUT2D eigenvalue weighted by molar-refractivity contribution is 0.101. The lowest BCUT2D eigenvalue weighted by Gasteiger charge is -2.17. The smallest absolute Gasteiger partial charge is 0.208 e. The third-order valence-corrected chi connectivity index (χ3v) is 4.02. The van der Waals surface area contributed by atoms with E-state index in [0.29, 0.717) is 0 Å². The fraction of sp³-hybridized carbons (Fsp3) is 0.136. The standard InChI is InChI=1S/C22H20O5/c1-15(23)18-12-19(24)21(26-13-16-8-4-2-5-9-16)22(20(18)25)27-14-17-10-6-3-7-11-17/h2-12,24-25H,13-14H2,1H3. The number of hydrogen-bond acceptors (Lipinski definition) is 5. The molecule has 0 saturated carbocycles. The Kier molecular flexibility index (Phi) is 5.61. The average Bonchev–Trinajstić information content (AvgIpc) is 2.68. The molecule has 0 atom stereocenters. The normalized spacial score (nSPS) is 10.4. The van der Waals surface area contributed by atoms with Crippen LogP contribution in [0, 0.1) is 0 Å². The van der Waals surface area contributed by atoms with E-state index < -0.39 is 0 Å². The first-order valence-electron chi connectivity index (χ1n) is 8.49. The fourth-order valence-corrected chi connectivity index (χ4v) is 2.62. The van der Waals surface area contributed by atoms with Gasteiger partial charge in [0.05, 0.1) is 5.56 Å². The first kappa shape index (κ1) is 18.3. The van der Waals surface area contributed by atoms with Crippen LogP contribution in [0.3, 0.4) is 0 Å². The fourth-order valence-electron chi connectivity index (χ4n) is 2.62. The van der Waals surface area contributed by atoms with Crippen molar-refractivity contribution in [2.24, 2.45) is 0 Å². The summed E-state index contributed by atoms with van der Waals surface area (Å²) >= 11 is 0. The third kappa shape index (κ3) is 4.39. The molecule has 0 heterocycles. The maximum atomic E-state index is 11.8. The van der Waals surface area contributed by atoms with Gasteiger partial charge in [-0.05, 0) is 24.1 Å². The highest BCUT2D eigenvalue weighted by Gasteiger charge is 2.23. The number of rotatable bonds is 7. The van der Waals surface area contributed by atoms with E-state index in [9.17, 15) is 15.0 Å². The Labute approximate surface area is 157 Å². The molecule has 0 aliphatic rings. The highest BCUT2D eigenvalue weighted by Crippen LogP contribution is 2.46. The SMILES string of the molecule is CC(=O)c1cc(O)c(OCc2ccccc2)c(OCc2ccccc2)c1O. The first-order chi connectivity index (χ1) is 13.1. The quantitative estimate of drug-likeness (QED) is 0.478. The molecule has 0 unspecified atom stereocenters. The van der Waals surface area contributed by atoms with Crippen LogP contribution in [0.1, 0.15) is 28.4 Å². The second-order valence-electron chi connectivity index (χ2n) is 6.05. The Balaban J connectivity index is 1.92. The predicted octanol–water partition coefficient (Wildman–Crippen LogP) is 4.46. The van der Waals surface area contributed by atoms with Gasteiger partial charge in [-0.15, -0.1) is 0 Å². The van der Waals surface area contributed by atoms with Gasteiger partial charge in [0, 0.05) is 0 Å². The van der Waals surface area contributed by atoms with Crippen molar-refractivity contribution in [2.45, 2.75) is 20.1 Å². The summed E-state index contributed by atoms with van der Waals surface area (Å²) in [6.07, 6.45) is 0. The van der Waals surface area contributed by atoms with Gasteiger partial charge in [-0.1, -0.05) is 60.7 Å². The lowest BCUT2D eigenvalue weighted by Crippen LogP contribution is -2.04. The van der Waals surface area contributed by atoms with E-state index in [0.717, 1.165) is 11.1 Å². The van der Waals surface area contributed by atoms with Gasteiger partial charge in [0.2, 0.25) is 11.5 Å². The number of phenols is 2. The molecular weight excluding hydrogens is 344 g/mol. The molecule has 0 bridgehead atoms. The molecule has 3 rings (SSSR count). The van der Waals surface area contributed by atoms with E-state index in [1.807, 2.05) is 60.7 Å². The Bertz CT molecular complexity index is 920. The molecule has 3 aromatic rings. The highest BCUT2D eigenvalue weighted by atomic mass is 16.5. The molecule has 0 aromatic heterocycles. The first-order valence-corrected chi connectivity index (χ1v) is 8.49. The molecule has 0 aliphatic carbocycles. The second kappa shape index (κ2) is 8.27. The Morgan fingerprint density at radius 1 is 0.815 bits per heavy atom. The molecule has 0 radical (unpaired) electrons. The zero-order chi connectivity index (χ0) is 19.2. The maximum Gasteiger partial charge on any atom is 0.208 e. The van der Waals surface area contributed by atoms with Crippen LogP contribution in [0.15, 0.2) is 66.7 Å². The number of carbonyl (C=O) groups excluding carboxylic acids is 1. The lowest BCUT2D eigenvalue weighted by atomic mass is 10.1. The molecule has 0 amide bonds. The Morgan fingerprint density at radius 3 is 1.78 bits per heavy atom. The van der Waals surface area contributed by atoms with E-state index in [1.165, 1.54) is 13.0 Å². The van der Waals surface area contributed by atoms with Gasteiger partial charge in [-0.3, -0.25) is 4.79 Å². The number of ketones is 1. The van der Waals surface area contributed by atoms with Gasteiger partial charge < -0.3 is 19.7 Å². The van der Waals surface area contributed by atoms with Gasteiger partial charge in [0.15, 0.2) is 17.3 Å². The predicted molar refractivity (Wildman–Crippen MR) is 101 cm³/mol. The van der Waals surface area contributed by atoms with Crippen molar-refractivity contribution < 1.29 is 24.5 Å². The molecular formula is C22H20O5. The minimum absolute atomic E-state index is 0.00251. The average molecular weight is 364 g/mol. The molecule has 5 heteroatoms. The maximum absolute atomic E-state index is 11.8. The van der Waals surface area contributed by atoms with Gasteiger partial charge >= 0.3 is 0 Å². The third-order valence-electron chi connectivity index (χ3n) is 4.02. The van der Waals surface area contributed by atoms with Crippen LogP contribution in [0.2, 0.25) is 0 Å². The van der Waals surface area contributed by atoms with Crippen molar-refractivity contribution in [2.75, 3.05) is 0 Å². The summed E-state index contributed by atoms with van der Waals surface area (Å²) in [4.78, 5) is 11.8. The van der Waals surface area contributed by atoms with E-state index in [2.05, 4.69) is 0 Å². The molecule has 0 fully saturated rings. The number of ether oxygens (including phenoxy) is 2. The molecule has 3 aromatic carbocycles. The largest absolute Gasteiger partial charge is 0.504 e. The summed E-state index contributed by atoms with van der Waals surface area (Å²) in [5.41, 5.74) is 1.74. The van der Waals surface area contributed by atoms with Crippen LogP contribution in [-0.2, 0) is 13.2 Å². The summed E-state index contributed by atoms with van der Waals surface area (Å²) in [6, 6.07) is 20.0. The number of aromatic hydroxyl groups is 2. The zero-order valence-electron chi connectivity index (χ0n) is 14.9. The molecule has 2 N–H and O–H groups in total. The van der Waals surface area contributed by atoms with E-state index in [4.69, 9.17) is 9.47 Å². The van der Waals surface area contributed by atoms with Gasteiger partial charge in [0.25, 0.3) is 0 Å². The van der Waals surface area contributed by atoms with Crippen molar-refractivity contribution in [3.8, 4) is 23.0 Å². The zero-order valence-corrected chi connectivity index (χ0v) is 14.9. The minimum Gasteiger partial charge on any atom is -0.504 e. The van der Waals surface area contributed by atoms with Gasteiger partial charge in [-0.2, -0.15) is 0 Å². The van der Waals surface area contributed by atoms with Crippen LogP contribution in [0.25, 0.3) is 0 Å². The van der Waals surface area contributed by atoms with Crippen LogP contribution < -0.4 is 9.47 Å². The number of benzene rings is 3. The molecule has 0 aliphatic heterocycles. The minimum atomic E-state index is -0.387. The number of hydrogen-bond donors (Lipinski definition) is 2. The molecule has 138 valence electrons. The van der Waals surface area contributed by atoms with Gasteiger partial charge in [-0.25, -0.2) is 0 Å². The van der Waals surface area contributed by atoms with Crippen molar-refractivity contribution in [1.82, 2.24) is 0 Å². The number of phenolic OH excluding ortho intramolecular Hbond substituents is 2. The Hall–Kier alpha value is -3.47. The van der Waals surface area contributed by atoms with Gasteiger partial charge in [0.1, 0.15) is 13.2 Å². The topological polar surface area (TPSA) is 76.0 Å². The monoisotopic (exact) mass is 364 g/mol. The van der Waals surface area contributed by atoms with Crippen LogP contribution in [0.5, 0.6) is 23.0 Å². The second-order valence-corrected chi connectivity index (χ2v) is 6.05. The van der Waals surface area contributed by atoms with Crippen molar-refractivity contribution in [3.63, 3.8) is 0 Å². The van der Waals surface area contributed by atoms with Crippen molar-refractivity contribution >= 4 is 5.78 Å². The molecule has 5 nitrogen and oxygen atoms in total. The van der Waals surface area contributed by atoms with E-state index >= 15 is 0 Å². The van der Waals surface area contributed by atoms with E-state index in [-0.39, 0.29) is 47.6 Å². The van der Waals surface area contributed by atoms with Crippen molar-refractivity contribution in [1.29, 1.82) is 0 Å². The van der Waals surface area contributed by atoms with E-state index in [1.54, 1.807) is 0 Å². The molecule has 0 spiro atoms. The summed E-state index contributed by atoms with van der Waals surface area (Å²) < 4.78 is 11.4. The molecule has 27 heavy (non-hydrogen) atoms. The highest BCUT2D eigenvalue weighted by molar-refractivity contribution is 5.98. The van der Waals surface area contributed by atoms with Crippen LogP contribution >= 0.6 is 0 Å². The summed E-state index contributed by atoms with van der Waals surface area (Å²) in [6.45, 7) is 1.63.